The Morgan fingerprint density at radius 2 is 0.907 bits per heavy atom. The lowest BCUT2D eigenvalue weighted by molar-refractivity contribution is -0.870. The fraction of sp³-hybridized carbons (Fsp3) is 0.754. The van der Waals surface area contributed by atoms with Crippen LogP contribution in [-0.4, -0.2) is 69.4 Å². The molecular formula is C65H117N2O7P. The number of carbonyl (C=O) groups is 2. The molecule has 75 heavy (non-hydrogen) atoms. The van der Waals surface area contributed by atoms with Crippen LogP contribution >= 0.6 is 7.82 Å². The van der Waals surface area contributed by atoms with Crippen molar-refractivity contribution in [1.82, 2.24) is 5.32 Å². The number of esters is 1. The van der Waals surface area contributed by atoms with Gasteiger partial charge in [0.2, 0.25) is 5.91 Å². The third-order valence-electron chi connectivity index (χ3n) is 13.4. The van der Waals surface area contributed by atoms with Gasteiger partial charge in [0.05, 0.1) is 33.8 Å². The molecule has 434 valence electrons. The van der Waals surface area contributed by atoms with Crippen LogP contribution in [0.4, 0.5) is 0 Å². The Hall–Kier alpha value is -2.81. The van der Waals surface area contributed by atoms with Gasteiger partial charge in [0.15, 0.2) is 0 Å². The summed E-state index contributed by atoms with van der Waals surface area (Å²) < 4.78 is 30.3. The van der Waals surface area contributed by atoms with Gasteiger partial charge in [-0.25, -0.2) is 0 Å². The number of nitrogens with zero attached hydrogens (tertiary/aromatic N) is 1. The third-order valence-corrected chi connectivity index (χ3v) is 14.3. The fourth-order valence-electron chi connectivity index (χ4n) is 8.59. The molecule has 0 fully saturated rings. The van der Waals surface area contributed by atoms with Gasteiger partial charge in [0, 0.05) is 12.8 Å². The number of rotatable bonds is 55. The zero-order chi connectivity index (χ0) is 55.0. The normalized spacial score (nSPS) is 14.3. The molecular weight excluding hydrogens is 952 g/mol. The molecule has 0 saturated carbocycles. The van der Waals surface area contributed by atoms with Crippen LogP contribution in [0.15, 0.2) is 85.1 Å². The number of likely N-dealkylation sites (N-methyl/N-ethyl adjacent to an activating group) is 1. The van der Waals surface area contributed by atoms with Gasteiger partial charge >= 0.3 is 5.97 Å². The minimum atomic E-state index is -4.70. The Kier molecular flexibility index (Phi) is 52.5. The number of unbranched alkanes of at least 4 members (excludes halogenated alkanes) is 29. The van der Waals surface area contributed by atoms with Gasteiger partial charge in [-0.05, 0) is 89.5 Å². The average Bonchev–Trinajstić information content (AvgIpc) is 3.37. The molecule has 1 N–H and O–H groups in total. The molecule has 0 heterocycles. The number of quaternary nitrogens is 1. The Labute approximate surface area is 463 Å². The minimum absolute atomic E-state index is 0.0288. The van der Waals surface area contributed by atoms with E-state index in [1.165, 1.54) is 128 Å². The summed E-state index contributed by atoms with van der Waals surface area (Å²) in [5.41, 5.74) is 0. The monoisotopic (exact) mass is 1070 g/mol. The molecule has 0 spiro atoms. The first-order valence-electron chi connectivity index (χ1n) is 30.9. The van der Waals surface area contributed by atoms with Crippen molar-refractivity contribution in [2.24, 2.45) is 0 Å². The van der Waals surface area contributed by atoms with Crippen molar-refractivity contribution in [1.29, 1.82) is 0 Å². The molecule has 3 unspecified atom stereocenters. The number of nitrogens with one attached hydrogen (secondary N) is 1. The Morgan fingerprint density at radius 3 is 1.41 bits per heavy atom. The molecule has 10 heteroatoms. The van der Waals surface area contributed by atoms with Crippen LogP contribution in [0.5, 0.6) is 0 Å². The first kappa shape index (κ1) is 72.2. The van der Waals surface area contributed by atoms with Crippen LogP contribution in [0.2, 0.25) is 0 Å². The van der Waals surface area contributed by atoms with Crippen LogP contribution in [0.1, 0.15) is 265 Å². The second kappa shape index (κ2) is 54.5. The molecule has 9 nitrogen and oxygen atoms in total. The molecule has 0 aromatic carbocycles. The molecule has 1 amide bonds. The van der Waals surface area contributed by atoms with E-state index in [2.05, 4.69) is 99.0 Å². The van der Waals surface area contributed by atoms with Gasteiger partial charge in [-0.3, -0.25) is 14.2 Å². The van der Waals surface area contributed by atoms with Crippen molar-refractivity contribution in [2.75, 3.05) is 40.9 Å². The summed E-state index contributed by atoms with van der Waals surface area (Å²) in [7, 11) is 1.17. The maximum Gasteiger partial charge on any atom is 0.306 e. The van der Waals surface area contributed by atoms with Crippen molar-refractivity contribution < 1.29 is 37.3 Å². The molecule has 0 aromatic rings. The van der Waals surface area contributed by atoms with Crippen molar-refractivity contribution in [3.05, 3.63) is 85.1 Å². The van der Waals surface area contributed by atoms with Crippen molar-refractivity contribution in [2.45, 2.75) is 277 Å². The second-order valence-electron chi connectivity index (χ2n) is 21.9. The van der Waals surface area contributed by atoms with E-state index in [1.807, 2.05) is 33.3 Å². The molecule has 0 saturated heterocycles. The van der Waals surface area contributed by atoms with Gasteiger partial charge < -0.3 is 28.5 Å². The highest BCUT2D eigenvalue weighted by molar-refractivity contribution is 7.45. The molecule has 0 bridgehead atoms. The maximum atomic E-state index is 13.5. The lowest BCUT2D eigenvalue weighted by Gasteiger charge is -2.30. The molecule has 0 aliphatic rings. The predicted octanol–water partition coefficient (Wildman–Crippen LogP) is 18.4. The molecule has 0 aliphatic heterocycles. The largest absolute Gasteiger partial charge is 0.756 e. The summed E-state index contributed by atoms with van der Waals surface area (Å²) in [5.74, 6) is -0.561. The van der Waals surface area contributed by atoms with Crippen molar-refractivity contribution >= 4 is 19.7 Å². The van der Waals surface area contributed by atoms with E-state index < -0.39 is 26.6 Å². The lowest BCUT2D eigenvalue weighted by Crippen LogP contribution is -2.47. The second-order valence-corrected chi connectivity index (χ2v) is 23.3. The van der Waals surface area contributed by atoms with Gasteiger partial charge in [0.25, 0.3) is 7.82 Å². The summed E-state index contributed by atoms with van der Waals surface area (Å²) >= 11 is 0. The van der Waals surface area contributed by atoms with E-state index in [-0.39, 0.29) is 24.9 Å². The van der Waals surface area contributed by atoms with Crippen LogP contribution in [-0.2, 0) is 27.9 Å². The number of allylic oxidation sites excluding steroid dienone is 13. The quantitative estimate of drug-likeness (QED) is 0.0161. The number of amides is 1. The number of hydrogen-bond acceptors (Lipinski definition) is 7. The summed E-state index contributed by atoms with van der Waals surface area (Å²) in [6.45, 7) is 6.67. The van der Waals surface area contributed by atoms with Gasteiger partial charge in [-0.1, -0.05) is 247 Å². The van der Waals surface area contributed by atoms with Crippen LogP contribution in [0.3, 0.4) is 0 Å². The topological polar surface area (TPSA) is 114 Å². The summed E-state index contributed by atoms with van der Waals surface area (Å²) in [5, 5.41) is 3.02. The van der Waals surface area contributed by atoms with E-state index >= 15 is 0 Å². The first-order chi connectivity index (χ1) is 36.4. The van der Waals surface area contributed by atoms with Crippen LogP contribution in [0, 0.1) is 0 Å². The zero-order valence-corrected chi connectivity index (χ0v) is 50.4. The van der Waals surface area contributed by atoms with E-state index in [0.717, 1.165) is 103 Å². The third kappa shape index (κ3) is 55.7. The standard InChI is InChI=1S/C65H117N2O7P/c1-7-10-13-16-19-22-25-27-29-30-31-32-33-34-35-36-38-40-43-46-49-52-55-58-65(69)74-63(56-53-50-47-44-41-24-21-18-15-12-9-3)62(61-73-75(70,71)72-60-59-67(4,5)6)66-64(68)57-54-51-48-45-42-39-37-28-26-23-20-17-14-11-8-2/h11,14,17,19-20,22-23,26-27,29,31-32,53,56,62-63H,7-10,12-13,15-16,18,21,24-25,28,30,33-52,54-55,57-61H2,1-6H3,(H-,66,68,70,71)/b14-11+,20-17+,22-19-,26-23+,29-27-,32-31-,56-53-. The summed E-state index contributed by atoms with van der Waals surface area (Å²) in [4.78, 5) is 39.9. The average molecular weight is 1070 g/mol. The van der Waals surface area contributed by atoms with Crippen molar-refractivity contribution in [3.8, 4) is 0 Å². The SMILES string of the molecule is CC/C=C/C=C/C=C/CCCCCCCCCC(=O)NC(COP(=O)([O-])OCC[N+](C)(C)C)C(/C=C\CCCCCCCCCCC)OC(=O)CCCCCCCCCCCC/C=C\C/C=C\C/C=C\CCCCC. The number of hydrogen-bond donors (Lipinski definition) is 1. The van der Waals surface area contributed by atoms with Crippen molar-refractivity contribution in [3.63, 3.8) is 0 Å². The lowest BCUT2D eigenvalue weighted by atomic mass is 10.0. The molecule has 3 atom stereocenters. The van der Waals surface area contributed by atoms with E-state index in [4.69, 9.17) is 13.8 Å². The predicted molar refractivity (Wildman–Crippen MR) is 321 cm³/mol. The minimum Gasteiger partial charge on any atom is -0.756 e. The number of ether oxygens (including phenoxy) is 1. The smallest absolute Gasteiger partial charge is 0.306 e. The van der Waals surface area contributed by atoms with Gasteiger partial charge in [-0.15, -0.1) is 0 Å². The molecule has 0 aliphatic carbocycles. The number of phosphoric acid groups is 1. The Morgan fingerprint density at radius 1 is 0.493 bits per heavy atom. The van der Waals surface area contributed by atoms with E-state index in [0.29, 0.717) is 17.4 Å². The summed E-state index contributed by atoms with van der Waals surface area (Å²) in [6.07, 6.45) is 71.2. The molecule has 0 aromatic heterocycles. The number of phosphoric ester groups is 1. The van der Waals surface area contributed by atoms with Crippen LogP contribution in [0.25, 0.3) is 0 Å². The maximum absolute atomic E-state index is 13.5. The fourth-order valence-corrected chi connectivity index (χ4v) is 9.31. The Bertz CT molecular complexity index is 1560. The van der Waals surface area contributed by atoms with E-state index in [1.54, 1.807) is 0 Å². The molecule has 0 rings (SSSR count). The van der Waals surface area contributed by atoms with E-state index in [9.17, 15) is 19.0 Å². The first-order valence-corrected chi connectivity index (χ1v) is 32.4. The summed E-state index contributed by atoms with van der Waals surface area (Å²) in [6, 6.07) is -0.899. The molecule has 0 radical (unpaired) electrons. The van der Waals surface area contributed by atoms with Crippen LogP contribution < -0.4 is 10.2 Å². The highest BCUT2D eigenvalue weighted by Gasteiger charge is 2.27. The number of carbonyl (C=O) groups excluding carboxylic acids is 2. The highest BCUT2D eigenvalue weighted by atomic mass is 31.2. The van der Waals surface area contributed by atoms with Gasteiger partial charge in [-0.2, -0.15) is 0 Å². The van der Waals surface area contributed by atoms with Gasteiger partial charge in [0.1, 0.15) is 19.3 Å². The highest BCUT2D eigenvalue weighted by Crippen LogP contribution is 2.38. The Balaban J connectivity index is 5.18. The zero-order valence-electron chi connectivity index (χ0n) is 49.5.